The number of piperidine rings is 1. The van der Waals surface area contributed by atoms with Gasteiger partial charge in [-0.2, -0.15) is 4.98 Å². The lowest BCUT2D eigenvalue weighted by atomic mass is 9.95. The molecule has 1 aromatic rings. The molecule has 1 N–H and O–H groups in total. The predicted molar refractivity (Wildman–Crippen MR) is 79.3 cm³/mol. The minimum Gasteiger partial charge on any atom is -0.478 e. The molecule has 1 aromatic heterocycles. The second-order valence-corrected chi connectivity index (χ2v) is 5.16. The molecule has 0 amide bonds. The highest BCUT2D eigenvalue weighted by Gasteiger charge is 2.12. The maximum Gasteiger partial charge on any atom is 0.225 e. The van der Waals surface area contributed by atoms with E-state index in [4.69, 9.17) is 16.3 Å². The van der Waals surface area contributed by atoms with Crippen LogP contribution < -0.4 is 10.1 Å². The van der Waals surface area contributed by atoms with Crippen LogP contribution in [0.5, 0.6) is 5.88 Å². The Balaban J connectivity index is 0.00000180. The van der Waals surface area contributed by atoms with E-state index < -0.39 is 0 Å². The Labute approximate surface area is 125 Å². The topological polar surface area (TPSA) is 47.0 Å². The first-order valence-corrected chi connectivity index (χ1v) is 6.96. The molecule has 0 radical (unpaired) electrons. The van der Waals surface area contributed by atoms with Crippen LogP contribution >= 0.6 is 24.0 Å². The number of aromatic nitrogens is 2. The van der Waals surface area contributed by atoms with Crippen LogP contribution in [0.3, 0.4) is 0 Å². The number of ether oxygens (including phenoxy) is 1. The van der Waals surface area contributed by atoms with Crippen molar-refractivity contribution in [2.45, 2.75) is 32.6 Å². The number of halogens is 2. The van der Waals surface area contributed by atoms with Crippen molar-refractivity contribution in [1.82, 2.24) is 15.3 Å². The summed E-state index contributed by atoms with van der Waals surface area (Å²) >= 11 is 5.77. The Bertz CT molecular complexity index is 364. The zero-order valence-corrected chi connectivity index (χ0v) is 12.8. The molecule has 2 rings (SSSR count). The van der Waals surface area contributed by atoms with E-state index in [1.54, 1.807) is 0 Å². The van der Waals surface area contributed by atoms with Crippen molar-refractivity contribution in [2.24, 2.45) is 5.92 Å². The average molecular weight is 306 g/mol. The predicted octanol–water partition coefficient (Wildman–Crippen LogP) is 3.02. The minimum atomic E-state index is 0. The number of nitrogens with one attached hydrogen (secondary N) is 1. The van der Waals surface area contributed by atoms with Gasteiger partial charge in [-0.3, -0.25) is 0 Å². The SMILES string of the molecule is Cc1cc(OCCCC2CCCNC2)nc(Cl)n1.Cl. The van der Waals surface area contributed by atoms with Gasteiger partial charge >= 0.3 is 0 Å². The molecule has 108 valence electrons. The van der Waals surface area contributed by atoms with E-state index in [9.17, 15) is 0 Å². The molecule has 1 aliphatic heterocycles. The molecule has 1 unspecified atom stereocenters. The van der Waals surface area contributed by atoms with Gasteiger partial charge in [-0.25, -0.2) is 4.98 Å². The van der Waals surface area contributed by atoms with E-state index in [2.05, 4.69) is 15.3 Å². The maximum atomic E-state index is 5.77. The maximum absolute atomic E-state index is 5.77. The van der Waals surface area contributed by atoms with Crippen LogP contribution in [0.15, 0.2) is 6.07 Å². The number of hydrogen-bond donors (Lipinski definition) is 1. The molecular weight excluding hydrogens is 285 g/mol. The van der Waals surface area contributed by atoms with Gasteiger partial charge in [0.1, 0.15) is 0 Å². The second-order valence-electron chi connectivity index (χ2n) is 4.82. The van der Waals surface area contributed by atoms with Gasteiger partial charge in [-0.05, 0) is 63.2 Å². The van der Waals surface area contributed by atoms with Gasteiger partial charge in [-0.15, -0.1) is 12.4 Å². The lowest BCUT2D eigenvalue weighted by molar-refractivity contribution is 0.267. The van der Waals surface area contributed by atoms with E-state index >= 15 is 0 Å². The molecule has 6 heteroatoms. The highest BCUT2D eigenvalue weighted by molar-refractivity contribution is 6.28. The van der Waals surface area contributed by atoms with Crippen molar-refractivity contribution >= 4 is 24.0 Å². The molecule has 1 saturated heterocycles. The van der Waals surface area contributed by atoms with E-state index in [1.165, 1.54) is 25.8 Å². The Morgan fingerprint density at radius 2 is 2.32 bits per heavy atom. The molecule has 0 bridgehead atoms. The van der Waals surface area contributed by atoms with Gasteiger partial charge in [0.05, 0.1) is 6.61 Å². The summed E-state index contributed by atoms with van der Waals surface area (Å²) in [6, 6.07) is 1.81. The highest BCUT2D eigenvalue weighted by atomic mass is 35.5. The van der Waals surface area contributed by atoms with Crippen LogP contribution in [-0.2, 0) is 0 Å². The zero-order valence-electron chi connectivity index (χ0n) is 11.2. The first-order valence-electron chi connectivity index (χ1n) is 6.59. The summed E-state index contributed by atoms with van der Waals surface area (Å²) in [7, 11) is 0. The lowest BCUT2D eigenvalue weighted by Gasteiger charge is -2.22. The Hall–Kier alpha value is -0.580. The zero-order chi connectivity index (χ0) is 12.8. The molecule has 1 fully saturated rings. The van der Waals surface area contributed by atoms with Gasteiger partial charge in [0.2, 0.25) is 11.2 Å². The van der Waals surface area contributed by atoms with Crippen LogP contribution in [0.25, 0.3) is 0 Å². The number of nitrogens with zero attached hydrogens (tertiary/aromatic N) is 2. The fraction of sp³-hybridized carbons (Fsp3) is 0.692. The van der Waals surface area contributed by atoms with Crippen LogP contribution in [0, 0.1) is 12.8 Å². The summed E-state index contributed by atoms with van der Waals surface area (Å²) in [5.41, 5.74) is 0.835. The number of rotatable bonds is 5. The molecule has 0 aliphatic carbocycles. The second kappa shape index (κ2) is 8.56. The third-order valence-corrected chi connectivity index (χ3v) is 3.38. The molecule has 4 nitrogen and oxygen atoms in total. The third kappa shape index (κ3) is 5.93. The minimum absolute atomic E-state index is 0. The summed E-state index contributed by atoms with van der Waals surface area (Å²) in [4.78, 5) is 8.04. The molecule has 0 saturated carbocycles. The largest absolute Gasteiger partial charge is 0.478 e. The van der Waals surface area contributed by atoms with Gasteiger partial charge in [0.15, 0.2) is 0 Å². The van der Waals surface area contributed by atoms with E-state index in [1.807, 2.05) is 13.0 Å². The van der Waals surface area contributed by atoms with Crippen LogP contribution in [-0.4, -0.2) is 29.7 Å². The summed E-state index contributed by atoms with van der Waals surface area (Å²) in [6.45, 7) is 4.90. The number of aryl methyl sites for hydroxylation is 1. The monoisotopic (exact) mass is 305 g/mol. The van der Waals surface area contributed by atoms with Crippen molar-refractivity contribution in [3.05, 3.63) is 17.0 Å². The molecule has 1 atom stereocenters. The van der Waals surface area contributed by atoms with Crippen LogP contribution in [0.1, 0.15) is 31.4 Å². The third-order valence-electron chi connectivity index (χ3n) is 3.21. The van der Waals surface area contributed by atoms with Gasteiger partial charge in [0, 0.05) is 11.8 Å². The first kappa shape index (κ1) is 16.5. The van der Waals surface area contributed by atoms with Crippen molar-refractivity contribution in [2.75, 3.05) is 19.7 Å². The number of hydrogen-bond acceptors (Lipinski definition) is 4. The molecule has 19 heavy (non-hydrogen) atoms. The summed E-state index contributed by atoms with van der Waals surface area (Å²) < 4.78 is 5.60. The normalized spacial score (nSPS) is 18.7. The lowest BCUT2D eigenvalue weighted by Crippen LogP contribution is -2.29. The van der Waals surface area contributed by atoms with E-state index in [0.29, 0.717) is 12.5 Å². The van der Waals surface area contributed by atoms with Crippen LogP contribution in [0.4, 0.5) is 0 Å². The molecule has 1 aliphatic rings. The van der Waals surface area contributed by atoms with Crippen molar-refractivity contribution in [3.63, 3.8) is 0 Å². The van der Waals surface area contributed by atoms with Gasteiger partial charge < -0.3 is 10.1 Å². The molecular formula is C13H21Cl2N3O. The standard InChI is InChI=1S/C13H20ClN3O.ClH/c1-10-8-12(17-13(14)16-10)18-7-3-5-11-4-2-6-15-9-11;/h8,11,15H,2-7,9H2,1H3;1H. The molecule has 0 spiro atoms. The van der Waals surface area contributed by atoms with Crippen LogP contribution in [0.2, 0.25) is 5.28 Å². The Morgan fingerprint density at radius 1 is 1.47 bits per heavy atom. The van der Waals surface area contributed by atoms with Gasteiger partial charge in [0.25, 0.3) is 0 Å². The fourth-order valence-corrected chi connectivity index (χ4v) is 2.51. The van der Waals surface area contributed by atoms with E-state index in [0.717, 1.165) is 24.6 Å². The average Bonchev–Trinajstić information content (AvgIpc) is 2.35. The van der Waals surface area contributed by atoms with E-state index in [-0.39, 0.29) is 17.7 Å². The summed E-state index contributed by atoms with van der Waals surface area (Å²) in [5, 5.41) is 3.68. The van der Waals surface area contributed by atoms with Crippen molar-refractivity contribution < 1.29 is 4.74 Å². The van der Waals surface area contributed by atoms with Crippen molar-refractivity contribution in [1.29, 1.82) is 0 Å². The smallest absolute Gasteiger partial charge is 0.225 e. The van der Waals surface area contributed by atoms with Crippen molar-refractivity contribution in [3.8, 4) is 5.88 Å². The highest BCUT2D eigenvalue weighted by Crippen LogP contribution is 2.17. The fourth-order valence-electron chi connectivity index (χ4n) is 2.30. The molecule has 2 heterocycles. The summed E-state index contributed by atoms with van der Waals surface area (Å²) in [6.07, 6.45) is 4.91. The quantitative estimate of drug-likeness (QED) is 0.671. The Kier molecular flexibility index (Phi) is 7.42. The van der Waals surface area contributed by atoms with Gasteiger partial charge in [-0.1, -0.05) is 0 Å². The molecule has 0 aromatic carbocycles. The first-order chi connectivity index (χ1) is 8.74. The Morgan fingerprint density at radius 3 is 3.00 bits per heavy atom. The summed E-state index contributed by atoms with van der Waals surface area (Å²) in [5.74, 6) is 1.38.